The number of piperidine rings is 1. The van der Waals surface area contributed by atoms with Crippen molar-refractivity contribution in [1.82, 2.24) is 30.0 Å². The van der Waals surface area contributed by atoms with Crippen LogP contribution in [0.25, 0.3) is 11.3 Å². The Balaban J connectivity index is 1.53. The smallest absolute Gasteiger partial charge is 0.274 e. The van der Waals surface area contributed by atoms with Gasteiger partial charge in [-0.3, -0.25) is 9.78 Å². The van der Waals surface area contributed by atoms with Crippen LogP contribution in [0.2, 0.25) is 0 Å². The van der Waals surface area contributed by atoms with E-state index in [1.54, 1.807) is 12.4 Å². The van der Waals surface area contributed by atoms with Gasteiger partial charge in [-0.1, -0.05) is 5.16 Å². The molecule has 0 spiro atoms. The number of likely N-dealkylation sites (tertiary alicyclic amines) is 1. The Labute approximate surface area is 156 Å². The van der Waals surface area contributed by atoms with Gasteiger partial charge in [0.15, 0.2) is 5.76 Å². The van der Waals surface area contributed by atoms with Gasteiger partial charge < -0.3 is 9.42 Å². The van der Waals surface area contributed by atoms with Gasteiger partial charge in [-0.2, -0.15) is 0 Å². The minimum Gasteiger partial charge on any atom is -0.356 e. The number of hydrogen-bond acceptors (Lipinski definition) is 7. The van der Waals surface area contributed by atoms with E-state index >= 15 is 0 Å². The Morgan fingerprint density at radius 1 is 1.15 bits per heavy atom. The molecule has 27 heavy (non-hydrogen) atoms. The van der Waals surface area contributed by atoms with E-state index < -0.39 is 0 Å². The van der Waals surface area contributed by atoms with Crippen LogP contribution < -0.4 is 0 Å². The molecule has 0 radical (unpaired) electrons. The van der Waals surface area contributed by atoms with E-state index in [9.17, 15) is 4.79 Å². The van der Waals surface area contributed by atoms with Gasteiger partial charge in [0.05, 0.1) is 23.1 Å². The third kappa shape index (κ3) is 3.55. The third-order valence-electron chi connectivity index (χ3n) is 4.78. The van der Waals surface area contributed by atoms with Crippen molar-refractivity contribution in [3.63, 3.8) is 0 Å². The topological polar surface area (TPSA) is 97.9 Å². The molecule has 1 amide bonds. The summed E-state index contributed by atoms with van der Waals surface area (Å²) in [6, 6.07) is 1.89. The van der Waals surface area contributed by atoms with E-state index in [0.29, 0.717) is 24.5 Å². The summed E-state index contributed by atoms with van der Waals surface area (Å²) in [5.41, 5.74) is 3.04. The fourth-order valence-electron chi connectivity index (χ4n) is 3.41. The van der Waals surface area contributed by atoms with E-state index in [1.807, 2.05) is 24.8 Å². The second-order valence-corrected chi connectivity index (χ2v) is 6.71. The zero-order valence-electron chi connectivity index (χ0n) is 15.3. The van der Waals surface area contributed by atoms with Gasteiger partial charge in [0.25, 0.3) is 5.91 Å². The van der Waals surface area contributed by atoms with Crippen molar-refractivity contribution in [3.8, 4) is 11.3 Å². The lowest BCUT2D eigenvalue weighted by molar-refractivity contribution is 0.0705. The summed E-state index contributed by atoms with van der Waals surface area (Å²) in [4.78, 5) is 31.5. The second kappa shape index (κ2) is 7.22. The summed E-state index contributed by atoms with van der Waals surface area (Å²) >= 11 is 0. The normalized spacial score (nSPS) is 15.1. The first-order valence-electron chi connectivity index (χ1n) is 8.94. The molecule has 0 saturated carbocycles. The lowest BCUT2D eigenvalue weighted by atomic mass is 9.90. The zero-order chi connectivity index (χ0) is 18.8. The third-order valence-corrected chi connectivity index (χ3v) is 4.78. The molecule has 138 valence electrons. The molecule has 0 bridgehead atoms. The monoisotopic (exact) mass is 364 g/mol. The van der Waals surface area contributed by atoms with Gasteiger partial charge >= 0.3 is 0 Å². The Morgan fingerprint density at radius 2 is 1.96 bits per heavy atom. The van der Waals surface area contributed by atoms with Crippen LogP contribution in [-0.2, 0) is 0 Å². The molecule has 0 N–H and O–H groups in total. The average Bonchev–Trinajstić information content (AvgIpc) is 3.14. The number of nitrogens with zero attached hydrogens (tertiary/aromatic N) is 6. The Kier molecular flexibility index (Phi) is 4.62. The largest absolute Gasteiger partial charge is 0.356 e. The SMILES string of the molecule is Cc1cc(-c2cnc(C)nc2C2CCN(C(=O)c3cnccn3)CC2)on1. The first kappa shape index (κ1) is 17.3. The van der Waals surface area contributed by atoms with Crippen molar-refractivity contribution in [1.29, 1.82) is 0 Å². The summed E-state index contributed by atoms with van der Waals surface area (Å²) in [6.45, 7) is 5.07. The predicted octanol–water partition coefficient (Wildman–Crippen LogP) is 2.56. The molecule has 8 heteroatoms. The van der Waals surface area contributed by atoms with Crippen molar-refractivity contribution in [2.45, 2.75) is 32.6 Å². The number of carbonyl (C=O) groups excluding carboxylic acids is 1. The fourth-order valence-corrected chi connectivity index (χ4v) is 3.41. The van der Waals surface area contributed by atoms with E-state index in [0.717, 1.165) is 35.6 Å². The van der Waals surface area contributed by atoms with Crippen molar-refractivity contribution in [2.75, 3.05) is 13.1 Å². The maximum Gasteiger partial charge on any atom is 0.274 e. The summed E-state index contributed by atoms with van der Waals surface area (Å²) in [7, 11) is 0. The molecule has 0 unspecified atom stereocenters. The molecule has 4 heterocycles. The van der Waals surface area contributed by atoms with Crippen LogP contribution in [-0.4, -0.2) is 49.0 Å². The fraction of sp³-hybridized carbons (Fsp3) is 0.368. The minimum absolute atomic E-state index is 0.0773. The Hall–Kier alpha value is -3.16. The molecule has 0 atom stereocenters. The summed E-state index contributed by atoms with van der Waals surface area (Å²) in [5.74, 6) is 1.56. The highest BCUT2D eigenvalue weighted by Gasteiger charge is 2.28. The van der Waals surface area contributed by atoms with Crippen LogP contribution in [0.1, 0.15) is 46.5 Å². The van der Waals surface area contributed by atoms with Gasteiger partial charge in [0, 0.05) is 43.7 Å². The number of amides is 1. The molecule has 3 aromatic heterocycles. The van der Waals surface area contributed by atoms with Crippen LogP contribution >= 0.6 is 0 Å². The minimum atomic E-state index is -0.0773. The zero-order valence-corrected chi connectivity index (χ0v) is 15.3. The van der Waals surface area contributed by atoms with Crippen molar-refractivity contribution >= 4 is 5.91 Å². The highest BCUT2D eigenvalue weighted by molar-refractivity contribution is 5.92. The van der Waals surface area contributed by atoms with E-state index in [2.05, 4.69) is 25.1 Å². The first-order valence-corrected chi connectivity index (χ1v) is 8.94. The van der Waals surface area contributed by atoms with Gasteiger partial charge in [-0.05, 0) is 26.7 Å². The van der Waals surface area contributed by atoms with Crippen LogP contribution in [0.5, 0.6) is 0 Å². The molecule has 1 aliphatic rings. The molecule has 1 fully saturated rings. The van der Waals surface area contributed by atoms with E-state index in [4.69, 9.17) is 4.52 Å². The van der Waals surface area contributed by atoms with Crippen LogP contribution in [0.15, 0.2) is 35.4 Å². The molecule has 0 aliphatic carbocycles. The number of carbonyl (C=O) groups is 1. The Morgan fingerprint density at radius 3 is 2.63 bits per heavy atom. The molecule has 3 aromatic rings. The number of hydrogen-bond donors (Lipinski definition) is 0. The van der Waals surface area contributed by atoms with Crippen LogP contribution in [0, 0.1) is 13.8 Å². The molecular formula is C19H20N6O2. The lowest BCUT2D eigenvalue weighted by Crippen LogP contribution is -2.38. The van der Waals surface area contributed by atoms with Crippen molar-refractivity contribution < 1.29 is 9.32 Å². The molecule has 4 rings (SSSR count). The van der Waals surface area contributed by atoms with Gasteiger partial charge in [-0.15, -0.1) is 0 Å². The molecule has 8 nitrogen and oxygen atoms in total. The molecule has 1 aliphatic heterocycles. The number of rotatable bonds is 3. The predicted molar refractivity (Wildman–Crippen MR) is 96.9 cm³/mol. The van der Waals surface area contributed by atoms with Crippen molar-refractivity contribution in [3.05, 3.63) is 53.8 Å². The maximum atomic E-state index is 12.6. The van der Waals surface area contributed by atoms with Crippen molar-refractivity contribution in [2.24, 2.45) is 0 Å². The molecule has 1 saturated heterocycles. The first-order chi connectivity index (χ1) is 13.1. The van der Waals surface area contributed by atoms with E-state index in [1.165, 1.54) is 12.4 Å². The molecular weight excluding hydrogens is 344 g/mol. The van der Waals surface area contributed by atoms with Gasteiger partial charge in [0.1, 0.15) is 11.5 Å². The van der Waals surface area contributed by atoms with Gasteiger partial charge in [-0.25, -0.2) is 15.0 Å². The molecule has 0 aromatic carbocycles. The second-order valence-electron chi connectivity index (χ2n) is 6.71. The van der Waals surface area contributed by atoms with E-state index in [-0.39, 0.29) is 11.8 Å². The highest BCUT2D eigenvalue weighted by Crippen LogP contribution is 2.34. The van der Waals surface area contributed by atoms with Gasteiger partial charge in [0.2, 0.25) is 0 Å². The standard InChI is InChI=1S/C19H20N6O2/c1-12-9-17(27-24-12)15-10-22-13(2)23-18(15)14-3-7-25(8-4-14)19(26)16-11-20-5-6-21-16/h5-6,9-11,14H,3-4,7-8H2,1-2H3. The number of aromatic nitrogens is 5. The number of aryl methyl sites for hydroxylation is 2. The average molecular weight is 364 g/mol. The quantitative estimate of drug-likeness (QED) is 0.704. The lowest BCUT2D eigenvalue weighted by Gasteiger charge is -2.32. The summed E-state index contributed by atoms with van der Waals surface area (Å²) in [6.07, 6.45) is 8.05. The summed E-state index contributed by atoms with van der Waals surface area (Å²) < 4.78 is 5.43. The Bertz CT molecular complexity index is 948. The summed E-state index contributed by atoms with van der Waals surface area (Å²) in [5, 5.41) is 3.97. The van der Waals surface area contributed by atoms with Crippen LogP contribution in [0.3, 0.4) is 0 Å². The highest BCUT2D eigenvalue weighted by atomic mass is 16.5. The van der Waals surface area contributed by atoms with Crippen LogP contribution in [0.4, 0.5) is 0 Å². The maximum absolute atomic E-state index is 12.6.